The highest BCUT2D eigenvalue weighted by molar-refractivity contribution is 7.89. The van der Waals surface area contributed by atoms with E-state index in [0.29, 0.717) is 37.0 Å². The average Bonchev–Trinajstić information content (AvgIpc) is 2.67. The zero-order valence-electron chi connectivity index (χ0n) is 18.2. The summed E-state index contributed by atoms with van der Waals surface area (Å²) in [5.41, 5.74) is 2.72. The highest BCUT2D eigenvalue weighted by atomic mass is 32.2. The van der Waals surface area contributed by atoms with Gasteiger partial charge in [-0.2, -0.15) is 9.29 Å². The summed E-state index contributed by atoms with van der Waals surface area (Å²) in [6.07, 6.45) is 0. The van der Waals surface area contributed by atoms with Gasteiger partial charge in [0.1, 0.15) is 5.82 Å². The molecule has 0 saturated carbocycles. The van der Waals surface area contributed by atoms with Crippen molar-refractivity contribution in [2.75, 3.05) is 50.1 Å². The molecule has 1 aliphatic rings. The van der Waals surface area contributed by atoms with Gasteiger partial charge in [-0.25, -0.2) is 13.4 Å². The van der Waals surface area contributed by atoms with E-state index >= 15 is 0 Å². The molecule has 8 heteroatoms. The van der Waals surface area contributed by atoms with Gasteiger partial charge in [0.15, 0.2) is 0 Å². The van der Waals surface area contributed by atoms with Crippen molar-refractivity contribution >= 4 is 21.8 Å². The van der Waals surface area contributed by atoms with Crippen LogP contribution in [0.25, 0.3) is 0 Å². The number of aromatic nitrogens is 2. The SMILES string of the molecule is Cc1cc(N(C)C)nc(N2CCN(S(=O)(=O)c3cc(C(C)C)ccc3C)CC2)n1. The van der Waals surface area contributed by atoms with Crippen molar-refractivity contribution in [1.82, 2.24) is 14.3 Å². The van der Waals surface area contributed by atoms with Crippen molar-refractivity contribution < 1.29 is 8.42 Å². The lowest BCUT2D eigenvalue weighted by atomic mass is 10.0. The first kappa shape index (κ1) is 21.5. The third kappa shape index (κ3) is 4.53. The van der Waals surface area contributed by atoms with Gasteiger partial charge in [0.25, 0.3) is 0 Å². The van der Waals surface area contributed by atoms with Gasteiger partial charge < -0.3 is 9.80 Å². The molecule has 0 N–H and O–H groups in total. The number of nitrogens with zero attached hydrogens (tertiary/aromatic N) is 5. The molecule has 29 heavy (non-hydrogen) atoms. The van der Waals surface area contributed by atoms with Gasteiger partial charge in [0.2, 0.25) is 16.0 Å². The quantitative estimate of drug-likeness (QED) is 0.745. The third-order valence-corrected chi connectivity index (χ3v) is 7.35. The Morgan fingerprint density at radius 2 is 1.66 bits per heavy atom. The molecule has 0 radical (unpaired) electrons. The molecule has 0 spiro atoms. The van der Waals surface area contributed by atoms with E-state index in [4.69, 9.17) is 0 Å². The first-order valence-corrected chi connectivity index (χ1v) is 11.4. The molecule has 1 saturated heterocycles. The number of benzene rings is 1. The summed E-state index contributed by atoms with van der Waals surface area (Å²) in [7, 11) is 0.370. The molecular weight excluding hydrogens is 386 g/mol. The molecule has 158 valence electrons. The first-order valence-electron chi connectivity index (χ1n) is 9.98. The molecule has 7 nitrogen and oxygen atoms in total. The fourth-order valence-electron chi connectivity index (χ4n) is 3.43. The minimum Gasteiger partial charge on any atom is -0.363 e. The number of piperazine rings is 1. The lowest BCUT2D eigenvalue weighted by Gasteiger charge is -2.34. The maximum atomic E-state index is 13.3. The lowest BCUT2D eigenvalue weighted by molar-refractivity contribution is 0.382. The Balaban J connectivity index is 1.80. The summed E-state index contributed by atoms with van der Waals surface area (Å²) >= 11 is 0. The summed E-state index contributed by atoms with van der Waals surface area (Å²) in [6.45, 7) is 9.93. The molecule has 1 fully saturated rings. The van der Waals surface area contributed by atoms with Crippen molar-refractivity contribution in [3.8, 4) is 0 Å². The standard InChI is InChI=1S/C21H31N5O2S/c1-15(2)18-8-7-16(3)19(14-18)29(27,28)26-11-9-25(10-12-26)21-22-17(4)13-20(23-21)24(5)6/h7-8,13-15H,9-12H2,1-6H3. The molecule has 2 heterocycles. The molecular formula is C21H31N5O2S. The van der Waals surface area contributed by atoms with Crippen molar-refractivity contribution in [3.63, 3.8) is 0 Å². The molecule has 0 amide bonds. The van der Waals surface area contributed by atoms with Gasteiger partial charge >= 0.3 is 0 Å². The Kier molecular flexibility index (Phi) is 6.14. The van der Waals surface area contributed by atoms with Crippen LogP contribution >= 0.6 is 0 Å². The number of hydrogen-bond donors (Lipinski definition) is 0. The van der Waals surface area contributed by atoms with Gasteiger partial charge in [0, 0.05) is 52.0 Å². The number of aryl methyl sites for hydroxylation is 2. The predicted molar refractivity (Wildman–Crippen MR) is 117 cm³/mol. The Labute approximate surface area is 174 Å². The highest BCUT2D eigenvalue weighted by Crippen LogP contribution is 2.26. The van der Waals surface area contributed by atoms with E-state index in [1.54, 1.807) is 4.31 Å². The van der Waals surface area contributed by atoms with E-state index in [-0.39, 0.29) is 5.92 Å². The molecule has 1 aromatic heterocycles. The van der Waals surface area contributed by atoms with Crippen LogP contribution in [-0.2, 0) is 10.0 Å². The number of sulfonamides is 1. The van der Waals surface area contributed by atoms with Gasteiger partial charge in [-0.15, -0.1) is 0 Å². The fourth-order valence-corrected chi connectivity index (χ4v) is 5.11. The van der Waals surface area contributed by atoms with E-state index < -0.39 is 10.0 Å². The van der Waals surface area contributed by atoms with Crippen LogP contribution in [0.1, 0.15) is 36.6 Å². The van der Waals surface area contributed by atoms with Crippen LogP contribution in [0.4, 0.5) is 11.8 Å². The Bertz CT molecular complexity index is 981. The zero-order valence-corrected chi connectivity index (χ0v) is 19.0. The number of rotatable bonds is 5. The van der Waals surface area contributed by atoms with E-state index in [1.807, 2.05) is 57.1 Å². The van der Waals surface area contributed by atoms with Crippen molar-refractivity contribution in [1.29, 1.82) is 0 Å². The minimum absolute atomic E-state index is 0.283. The van der Waals surface area contributed by atoms with Gasteiger partial charge in [-0.3, -0.25) is 0 Å². The molecule has 0 aliphatic carbocycles. The van der Waals surface area contributed by atoms with Crippen LogP contribution in [0.2, 0.25) is 0 Å². The second-order valence-corrected chi connectivity index (χ2v) is 10.0. The third-order valence-electron chi connectivity index (χ3n) is 5.31. The van der Waals surface area contributed by atoms with Gasteiger partial charge in [0.05, 0.1) is 4.90 Å². The molecule has 2 aromatic rings. The number of hydrogen-bond acceptors (Lipinski definition) is 6. The molecule has 0 bridgehead atoms. The monoisotopic (exact) mass is 417 g/mol. The molecule has 0 unspecified atom stereocenters. The van der Waals surface area contributed by atoms with E-state index in [2.05, 4.69) is 28.7 Å². The summed E-state index contributed by atoms with van der Waals surface area (Å²) < 4.78 is 28.2. The van der Waals surface area contributed by atoms with E-state index in [0.717, 1.165) is 22.6 Å². The largest absolute Gasteiger partial charge is 0.363 e. The topological polar surface area (TPSA) is 69.6 Å². The smallest absolute Gasteiger partial charge is 0.243 e. The molecule has 1 aromatic carbocycles. The molecule has 0 atom stereocenters. The van der Waals surface area contributed by atoms with Crippen LogP contribution in [-0.4, -0.2) is 63.0 Å². The number of anilines is 2. The summed E-state index contributed by atoms with van der Waals surface area (Å²) in [6, 6.07) is 7.68. The van der Waals surface area contributed by atoms with Crippen LogP contribution in [0.5, 0.6) is 0 Å². The summed E-state index contributed by atoms with van der Waals surface area (Å²) in [5, 5.41) is 0. The van der Waals surface area contributed by atoms with Crippen molar-refractivity contribution in [2.45, 2.75) is 38.5 Å². The highest BCUT2D eigenvalue weighted by Gasteiger charge is 2.31. The Morgan fingerprint density at radius 1 is 1.00 bits per heavy atom. The van der Waals surface area contributed by atoms with E-state index in [1.165, 1.54) is 0 Å². The second kappa shape index (κ2) is 8.28. The van der Waals surface area contributed by atoms with E-state index in [9.17, 15) is 8.42 Å². The first-order chi connectivity index (χ1) is 13.6. The van der Waals surface area contributed by atoms with Crippen LogP contribution < -0.4 is 9.80 Å². The summed E-state index contributed by atoms with van der Waals surface area (Å²) in [5.74, 6) is 1.79. The molecule has 1 aliphatic heterocycles. The maximum absolute atomic E-state index is 13.3. The average molecular weight is 418 g/mol. The summed E-state index contributed by atoms with van der Waals surface area (Å²) in [4.78, 5) is 13.6. The Hall–Kier alpha value is -2.19. The molecule has 3 rings (SSSR count). The predicted octanol–water partition coefficient (Wildman–Crippen LogP) is 2.79. The van der Waals surface area contributed by atoms with Gasteiger partial charge in [-0.05, 0) is 37.0 Å². The maximum Gasteiger partial charge on any atom is 0.243 e. The Morgan fingerprint density at radius 3 is 2.24 bits per heavy atom. The van der Waals surface area contributed by atoms with Crippen LogP contribution in [0, 0.1) is 13.8 Å². The minimum atomic E-state index is -3.53. The van der Waals surface area contributed by atoms with Crippen LogP contribution in [0.15, 0.2) is 29.2 Å². The van der Waals surface area contributed by atoms with Crippen LogP contribution in [0.3, 0.4) is 0 Å². The fraction of sp³-hybridized carbons (Fsp3) is 0.524. The lowest BCUT2D eigenvalue weighted by Crippen LogP contribution is -2.49. The zero-order chi connectivity index (χ0) is 21.3. The second-order valence-electron chi connectivity index (χ2n) is 8.13. The van der Waals surface area contributed by atoms with Crippen molar-refractivity contribution in [2.24, 2.45) is 0 Å². The van der Waals surface area contributed by atoms with Gasteiger partial charge in [-0.1, -0.05) is 26.0 Å². The van der Waals surface area contributed by atoms with Crippen molar-refractivity contribution in [3.05, 3.63) is 41.1 Å². The normalized spacial score (nSPS) is 15.8.